The summed E-state index contributed by atoms with van der Waals surface area (Å²) in [4.78, 5) is 18.6. The molecule has 0 unspecified atom stereocenters. The van der Waals surface area contributed by atoms with E-state index in [4.69, 9.17) is 4.74 Å². The SMILES string of the molecule is CCN(C)C=Nc1cc(C)c(C(=O)COc2cccc(SC(F)(F)C(F)(F)F)c2)cc1C. The number of alkyl halides is 5. The third kappa shape index (κ3) is 6.69. The molecule has 0 atom stereocenters. The van der Waals surface area contributed by atoms with Crippen molar-refractivity contribution in [2.45, 2.75) is 37.1 Å². The van der Waals surface area contributed by atoms with Crippen molar-refractivity contribution in [2.75, 3.05) is 20.2 Å². The number of Topliss-reactive ketones (excluding diaryl/α,β-unsaturated/α-hetero) is 1. The van der Waals surface area contributed by atoms with Crippen LogP contribution < -0.4 is 4.74 Å². The fourth-order valence-corrected chi connectivity index (χ4v) is 3.28. The molecule has 0 amide bonds. The average molecular weight is 474 g/mol. The molecule has 0 saturated heterocycles. The molecule has 32 heavy (non-hydrogen) atoms. The van der Waals surface area contributed by atoms with E-state index in [1.165, 1.54) is 12.1 Å². The third-order valence-electron chi connectivity index (χ3n) is 4.49. The van der Waals surface area contributed by atoms with Gasteiger partial charge in [-0.05, 0) is 74.0 Å². The number of carbonyl (C=O) groups excluding carboxylic acids is 1. The van der Waals surface area contributed by atoms with Gasteiger partial charge in [-0.15, -0.1) is 0 Å². The van der Waals surface area contributed by atoms with E-state index in [1.54, 1.807) is 25.4 Å². The van der Waals surface area contributed by atoms with Gasteiger partial charge in [-0.1, -0.05) is 6.07 Å². The van der Waals surface area contributed by atoms with Gasteiger partial charge in [0.2, 0.25) is 0 Å². The Morgan fingerprint density at radius 3 is 2.44 bits per heavy atom. The summed E-state index contributed by atoms with van der Waals surface area (Å²) in [5.41, 5.74) is 2.60. The molecule has 2 rings (SSSR count). The summed E-state index contributed by atoms with van der Waals surface area (Å²) in [6.07, 6.45) is -3.98. The molecule has 0 aliphatic rings. The van der Waals surface area contributed by atoms with E-state index < -0.39 is 29.8 Å². The van der Waals surface area contributed by atoms with Crippen molar-refractivity contribution in [1.82, 2.24) is 4.90 Å². The minimum atomic E-state index is -5.68. The van der Waals surface area contributed by atoms with Gasteiger partial charge < -0.3 is 9.64 Å². The standard InChI is InChI=1S/C22H23F5N2O2S/c1-5-29(4)13-28-19-10-14(2)18(9-15(19)3)20(30)12-31-16-7-6-8-17(11-16)32-22(26,27)21(23,24)25/h6-11,13H,5,12H2,1-4H3. The maximum Gasteiger partial charge on any atom is 0.464 e. The fraction of sp³-hybridized carbons (Fsp3) is 0.364. The first-order chi connectivity index (χ1) is 14.8. The Balaban J connectivity index is 2.10. The lowest BCUT2D eigenvalue weighted by molar-refractivity contribution is -0.237. The highest BCUT2D eigenvalue weighted by molar-refractivity contribution is 8.00. The van der Waals surface area contributed by atoms with Crippen molar-refractivity contribution in [3.05, 3.63) is 53.1 Å². The lowest BCUT2D eigenvalue weighted by Crippen LogP contribution is -2.32. The Bertz CT molecular complexity index is 993. The summed E-state index contributed by atoms with van der Waals surface area (Å²) >= 11 is -0.628. The number of thioether (sulfide) groups is 1. The van der Waals surface area contributed by atoms with Gasteiger partial charge in [0.25, 0.3) is 0 Å². The largest absolute Gasteiger partial charge is 0.485 e. The van der Waals surface area contributed by atoms with Crippen LogP contribution in [0.2, 0.25) is 0 Å². The summed E-state index contributed by atoms with van der Waals surface area (Å²) in [6.45, 7) is 5.96. The second-order valence-electron chi connectivity index (χ2n) is 7.07. The van der Waals surface area contributed by atoms with E-state index in [-0.39, 0.29) is 16.4 Å². The summed E-state index contributed by atoms with van der Waals surface area (Å²) in [7, 11) is 1.89. The van der Waals surface area contributed by atoms with E-state index in [9.17, 15) is 26.7 Å². The Labute approximate surface area is 187 Å². The second-order valence-corrected chi connectivity index (χ2v) is 8.26. The van der Waals surface area contributed by atoms with Crippen LogP contribution >= 0.6 is 11.8 Å². The molecule has 0 heterocycles. The van der Waals surface area contributed by atoms with Crippen molar-refractivity contribution in [3.8, 4) is 5.75 Å². The molecular formula is C22H23F5N2O2S. The van der Waals surface area contributed by atoms with Gasteiger partial charge in [0.05, 0.1) is 12.0 Å². The molecule has 0 aliphatic heterocycles. The minimum absolute atomic E-state index is 0.0134. The van der Waals surface area contributed by atoms with Gasteiger partial charge in [-0.3, -0.25) is 4.79 Å². The molecule has 4 nitrogen and oxygen atoms in total. The quantitative estimate of drug-likeness (QED) is 0.138. The molecule has 0 N–H and O–H groups in total. The van der Waals surface area contributed by atoms with Crippen molar-refractivity contribution in [3.63, 3.8) is 0 Å². The molecule has 0 aromatic heterocycles. The van der Waals surface area contributed by atoms with Crippen LogP contribution in [0.1, 0.15) is 28.4 Å². The van der Waals surface area contributed by atoms with Crippen molar-refractivity contribution < 1.29 is 31.5 Å². The molecular weight excluding hydrogens is 451 g/mol. The number of aliphatic imine (C=N–C) groups is 1. The van der Waals surface area contributed by atoms with Crippen LogP contribution in [-0.4, -0.2) is 48.7 Å². The number of ketones is 1. The Kier molecular flexibility index (Phi) is 8.28. The van der Waals surface area contributed by atoms with E-state index in [2.05, 4.69) is 4.99 Å². The van der Waals surface area contributed by atoms with Gasteiger partial charge in [-0.25, -0.2) is 4.99 Å². The van der Waals surface area contributed by atoms with Crippen molar-refractivity contribution >= 4 is 29.6 Å². The zero-order chi connectivity index (χ0) is 24.1. The minimum Gasteiger partial charge on any atom is -0.485 e. The number of benzene rings is 2. The smallest absolute Gasteiger partial charge is 0.464 e. The molecule has 0 radical (unpaired) electrons. The van der Waals surface area contributed by atoms with Crippen LogP contribution in [0.15, 0.2) is 46.3 Å². The number of carbonyl (C=O) groups is 1. The maximum atomic E-state index is 13.2. The van der Waals surface area contributed by atoms with Crippen LogP contribution in [0.25, 0.3) is 0 Å². The average Bonchev–Trinajstić information content (AvgIpc) is 2.71. The highest BCUT2D eigenvalue weighted by Crippen LogP contribution is 2.47. The van der Waals surface area contributed by atoms with Gasteiger partial charge >= 0.3 is 11.4 Å². The number of hydrogen-bond acceptors (Lipinski definition) is 4. The lowest BCUT2D eigenvalue weighted by atomic mass is 10.0. The van der Waals surface area contributed by atoms with Crippen molar-refractivity contribution in [1.29, 1.82) is 0 Å². The molecule has 2 aromatic carbocycles. The predicted octanol–water partition coefficient (Wildman–Crippen LogP) is 6.42. The molecule has 0 fully saturated rings. The number of hydrogen-bond donors (Lipinski definition) is 0. The van der Waals surface area contributed by atoms with E-state index >= 15 is 0 Å². The Hall–Kier alpha value is -2.62. The molecule has 174 valence electrons. The molecule has 0 bridgehead atoms. The number of nitrogens with zero attached hydrogens (tertiary/aromatic N) is 2. The van der Waals surface area contributed by atoms with Gasteiger partial charge in [0.15, 0.2) is 12.4 Å². The summed E-state index contributed by atoms with van der Waals surface area (Å²) in [5, 5.41) is -4.94. The topological polar surface area (TPSA) is 41.9 Å². The zero-order valence-corrected chi connectivity index (χ0v) is 18.8. The number of ether oxygens (including phenoxy) is 1. The number of aryl methyl sites for hydroxylation is 2. The maximum absolute atomic E-state index is 13.2. The Morgan fingerprint density at radius 1 is 1.12 bits per heavy atom. The van der Waals surface area contributed by atoms with Crippen LogP contribution in [-0.2, 0) is 0 Å². The van der Waals surface area contributed by atoms with E-state index in [1.807, 2.05) is 25.8 Å². The lowest BCUT2D eigenvalue weighted by Gasteiger charge is -2.18. The third-order valence-corrected chi connectivity index (χ3v) is 5.47. The highest BCUT2D eigenvalue weighted by atomic mass is 32.2. The molecule has 2 aromatic rings. The van der Waals surface area contributed by atoms with Crippen LogP contribution in [0, 0.1) is 13.8 Å². The zero-order valence-electron chi connectivity index (χ0n) is 18.0. The Morgan fingerprint density at radius 2 is 1.81 bits per heavy atom. The van der Waals surface area contributed by atoms with Gasteiger partial charge in [0, 0.05) is 24.1 Å². The fourth-order valence-electron chi connectivity index (χ4n) is 2.54. The van der Waals surface area contributed by atoms with Crippen LogP contribution in [0.4, 0.5) is 27.6 Å². The summed E-state index contributed by atoms with van der Waals surface area (Å²) < 4.78 is 69.1. The van der Waals surface area contributed by atoms with E-state index in [0.29, 0.717) is 11.1 Å². The first-order valence-electron chi connectivity index (χ1n) is 9.59. The predicted molar refractivity (Wildman–Crippen MR) is 115 cm³/mol. The summed E-state index contributed by atoms with van der Waals surface area (Å²) in [6, 6.07) is 8.28. The highest BCUT2D eigenvalue weighted by Gasteiger charge is 2.58. The van der Waals surface area contributed by atoms with E-state index in [0.717, 1.165) is 29.9 Å². The number of halogens is 5. The van der Waals surface area contributed by atoms with Gasteiger partial charge in [-0.2, -0.15) is 22.0 Å². The summed E-state index contributed by atoms with van der Waals surface area (Å²) in [5.74, 6) is -0.343. The first kappa shape index (κ1) is 25.6. The monoisotopic (exact) mass is 474 g/mol. The molecule has 0 saturated carbocycles. The van der Waals surface area contributed by atoms with Gasteiger partial charge in [0.1, 0.15) is 5.75 Å². The molecule has 10 heteroatoms. The van der Waals surface area contributed by atoms with Crippen LogP contribution in [0.5, 0.6) is 5.75 Å². The van der Waals surface area contributed by atoms with Crippen molar-refractivity contribution in [2.24, 2.45) is 4.99 Å². The number of rotatable bonds is 9. The normalized spacial score (nSPS) is 12.3. The van der Waals surface area contributed by atoms with Crippen LogP contribution in [0.3, 0.4) is 0 Å². The molecule has 0 aliphatic carbocycles. The second kappa shape index (κ2) is 10.3. The molecule has 0 spiro atoms. The first-order valence-corrected chi connectivity index (χ1v) is 10.4.